The molecule has 2 fully saturated rings. The Hall–Kier alpha value is -9.26. The Balaban J connectivity index is 0.000000228. The molecule has 0 spiro atoms. The monoisotopic (exact) mass is 1250 g/mol. The van der Waals surface area contributed by atoms with Gasteiger partial charge in [0.05, 0.1) is 37.5 Å². The SMILES string of the molecule is CCOc1cc2c(Oc3ccc(NC(=O)C4(C(=O)Nc5ccc(F)cc5)CC4)cc3F)ccnc2cc1OCCCC(=O)[O-].CCOc1cc2c(Oc3ccc(NC(=O)C4(C(=O)Nc5ccc(F)cc5)CC4)cc3F)ccnc2cc1OCCCC(=O)[O-].[Ca+2]. The molecule has 2 aromatic heterocycles. The maximum absolute atomic E-state index is 15.2. The van der Waals surface area contributed by atoms with E-state index in [9.17, 15) is 47.8 Å². The Bertz CT molecular complexity index is 3680. The number of halogens is 4. The van der Waals surface area contributed by atoms with Gasteiger partial charge < -0.3 is 69.5 Å². The predicted octanol–water partition coefficient (Wildman–Crippen LogP) is 9.56. The Morgan fingerprint density at radius 3 is 1.10 bits per heavy atom. The van der Waals surface area contributed by atoms with Crippen molar-refractivity contribution in [2.45, 2.75) is 65.2 Å². The third-order valence-corrected chi connectivity index (χ3v) is 14.0. The molecule has 6 aromatic carbocycles. The minimum absolute atomic E-state index is 0. The number of rotatable bonds is 26. The summed E-state index contributed by atoms with van der Waals surface area (Å²) in [4.78, 5) is 81.7. The second kappa shape index (κ2) is 29.6. The number of carboxylic acid groups (broad SMARTS) is 2. The van der Waals surface area contributed by atoms with Crippen LogP contribution in [0.2, 0.25) is 0 Å². The zero-order valence-electron chi connectivity index (χ0n) is 48.0. The van der Waals surface area contributed by atoms with Crippen LogP contribution in [-0.4, -0.2) is 110 Å². The standard InChI is InChI=1S/2C32H29F2N3O7.Ca/c2*1-2-42-27-17-22-24(18-28(27)43-15-3-4-29(38)39)35-14-11-25(22)44-26-10-9-21(16-23(26)34)37-31(41)32(12-13-32)30(40)36-20-7-5-19(33)6-8-20;/h2*5-11,14,16-18H,2-4,12-13,15H2,1H3,(H,36,40)(H,37,41)(H,38,39);/q;;+2/p-2. The third kappa shape index (κ3) is 16.7. The topological polar surface area (TPSA) is 278 Å². The number of nitrogens with zero attached hydrogens (tertiary/aromatic N) is 2. The van der Waals surface area contributed by atoms with Crippen LogP contribution in [0.15, 0.2) is 134 Å². The second-order valence-corrected chi connectivity index (χ2v) is 20.3. The molecule has 2 heterocycles. The van der Waals surface area contributed by atoms with Crippen LogP contribution >= 0.6 is 0 Å². The largest absolute Gasteiger partial charge is 2.00 e. The van der Waals surface area contributed by atoms with Crippen molar-refractivity contribution in [1.29, 1.82) is 0 Å². The van der Waals surface area contributed by atoms with Gasteiger partial charge in [-0.25, -0.2) is 17.6 Å². The first kappa shape index (κ1) is 65.7. The molecule has 0 radical (unpaired) electrons. The van der Waals surface area contributed by atoms with Crippen molar-refractivity contribution in [3.05, 3.63) is 157 Å². The number of pyridine rings is 2. The van der Waals surface area contributed by atoms with Gasteiger partial charge in [0, 0.05) is 82.1 Å². The summed E-state index contributed by atoms with van der Waals surface area (Å²) in [5.41, 5.74) is -0.667. The van der Waals surface area contributed by atoms with E-state index in [1.807, 2.05) is 0 Å². The summed E-state index contributed by atoms with van der Waals surface area (Å²) in [6.07, 6.45) is 4.46. The first-order chi connectivity index (χ1) is 42.4. The van der Waals surface area contributed by atoms with E-state index >= 15 is 8.78 Å². The zero-order chi connectivity index (χ0) is 62.5. The van der Waals surface area contributed by atoms with Crippen molar-refractivity contribution in [1.82, 2.24) is 9.97 Å². The zero-order valence-corrected chi connectivity index (χ0v) is 50.2. The van der Waals surface area contributed by atoms with Crippen molar-refractivity contribution in [3.63, 3.8) is 0 Å². The van der Waals surface area contributed by atoms with Gasteiger partial charge in [-0.15, -0.1) is 0 Å². The maximum Gasteiger partial charge on any atom is 2.00 e. The van der Waals surface area contributed by atoms with E-state index in [-0.39, 0.29) is 111 Å². The molecule has 2 saturated carbocycles. The molecule has 2 aliphatic carbocycles. The molecule has 0 unspecified atom stereocenters. The average molecular weight is 1250 g/mol. The van der Waals surface area contributed by atoms with Crippen molar-refractivity contribution in [2.24, 2.45) is 10.8 Å². The molecule has 2 aliphatic rings. The molecule has 8 aromatic rings. The van der Waals surface area contributed by atoms with Crippen LogP contribution in [0, 0.1) is 34.1 Å². The fraction of sp³-hybridized carbons (Fsp3) is 0.250. The molecule has 456 valence electrons. The molecule has 4 N–H and O–H groups in total. The molecular formula is C64H56CaF4N6O14. The van der Waals surface area contributed by atoms with E-state index in [0.29, 0.717) is 95.1 Å². The van der Waals surface area contributed by atoms with Gasteiger partial charge in [0.2, 0.25) is 23.6 Å². The third-order valence-electron chi connectivity index (χ3n) is 14.0. The first-order valence-electron chi connectivity index (χ1n) is 27.8. The van der Waals surface area contributed by atoms with E-state index in [4.69, 9.17) is 28.4 Å². The average Bonchev–Trinajstić information content (AvgIpc) is 1.97. The van der Waals surface area contributed by atoms with Crippen LogP contribution < -0.4 is 59.9 Å². The number of fused-ring (bicyclic) bond motifs is 2. The minimum Gasteiger partial charge on any atom is -0.550 e. The number of amides is 4. The molecule has 25 heteroatoms. The van der Waals surface area contributed by atoms with Gasteiger partial charge in [-0.1, -0.05) is 0 Å². The fourth-order valence-corrected chi connectivity index (χ4v) is 8.99. The molecule has 0 atom stereocenters. The Morgan fingerprint density at radius 2 is 0.775 bits per heavy atom. The number of nitrogens with one attached hydrogen (secondary N) is 4. The van der Waals surface area contributed by atoms with Crippen molar-refractivity contribution in [2.75, 3.05) is 47.7 Å². The van der Waals surface area contributed by atoms with Crippen molar-refractivity contribution >= 4 is 118 Å². The Morgan fingerprint density at radius 1 is 0.438 bits per heavy atom. The fourth-order valence-electron chi connectivity index (χ4n) is 8.99. The number of aromatic nitrogens is 2. The summed E-state index contributed by atoms with van der Waals surface area (Å²) in [6, 6.07) is 27.9. The number of benzene rings is 6. The van der Waals surface area contributed by atoms with Crippen LogP contribution in [0.3, 0.4) is 0 Å². The van der Waals surface area contributed by atoms with E-state index < -0.39 is 69.7 Å². The molecule has 0 bridgehead atoms. The molecule has 20 nitrogen and oxygen atoms in total. The van der Waals surface area contributed by atoms with Crippen LogP contribution in [0.4, 0.5) is 40.3 Å². The van der Waals surface area contributed by atoms with Crippen LogP contribution in [0.5, 0.6) is 46.0 Å². The molecular weight excluding hydrogens is 1190 g/mol. The number of aliphatic carboxylic acids is 2. The van der Waals surface area contributed by atoms with Crippen molar-refractivity contribution in [3.8, 4) is 46.0 Å². The number of hydrogen-bond donors (Lipinski definition) is 4. The molecule has 0 saturated heterocycles. The normalized spacial score (nSPS) is 13.0. The van der Waals surface area contributed by atoms with Crippen LogP contribution in [-0.2, 0) is 28.8 Å². The molecule has 89 heavy (non-hydrogen) atoms. The van der Waals surface area contributed by atoms with Gasteiger partial charge in [0.1, 0.15) is 34.0 Å². The van der Waals surface area contributed by atoms with Crippen molar-refractivity contribution < 1.29 is 85.0 Å². The van der Waals surface area contributed by atoms with Crippen LogP contribution in [0.25, 0.3) is 21.8 Å². The first-order valence-corrected chi connectivity index (χ1v) is 27.8. The summed E-state index contributed by atoms with van der Waals surface area (Å²) in [6.45, 7) is 4.50. The number of anilines is 4. The van der Waals surface area contributed by atoms with E-state index in [2.05, 4.69) is 31.2 Å². The number of carbonyl (C=O) groups is 6. The Labute approximate surface area is 536 Å². The summed E-state index contributed by atoms with van der Waals surface area (Å²) >= 11 is 0. The maximum atomic E-state index is 15.2. The van der Waals surface area contributed by atoms with Crippen LogP contribution in [0.1, 0.15) is 65.2 Å². The van der Waals surface area contributed by atoms with Gasteiger partial charge >= 0.3 is 37.7 Å². The quantitative estimate of drug-likeness (QED) is 0.0170. The van der Waals surface area contributed by atoms with Gasteiger partial charge in [0.25, 0.3) is 0 Å². The van der Waals surface area contributed by atoms with Gasteiger partial charge in [-0.2, -0.15) is 0 Å². The van der Waals surface area contributed by atoms with Gasteiger partial charge in [0.15, 0.2) is 46.1 Å². The summed E-state index contributed by atoms with van der Waals surface area (Å²) < 4.78 is 91.3. The van der Waals surface area contributed by atoms with E-state index in [0.717, 1.165) is 12.1 Å². The Kier molecular flexibility index (Phi) is 21.9. The molecule has 10 rings (SSSR count). The molecule has 0 aliphatic heterocycles. The second-order valence-electron chi connectivity index (χ2n) is 20.3. The number of carbonyl (C=O) groups excluding carboxylic acids is 6. The number of ether oxygens (including phenoxy) is 6. The van der Waals surface area contributed by atoms with Gasteiger partial charge in [-0.3, -0.25) is 29.1 Å². The summed E-state index contributed by atoms with van der Waals surface area (Å²) in [7, 11) is 0. The van der Waals surface area contributed by atoms with Gasteiger partial charge in [-0.05, 0) is 162 Å². The number of hydrogen-bond acceptors (Lipinski definition) is 16. The summed E-state index contributed by atoms with van der Waals surface area (Å²) in [5, 5.41) is 32.8. The molecule has 4 amide bonds. The minimum atomic E-state index is -1.30. The van der Waals surface area contributed by atoms with E-state index in [1.165, 1.54) is 85.2 Å². The summed E-state index contributed by atoms with van der Waals surface area (Å²) in [5.74, 6) is -5.14. The number of carboxylic acids is 2. The van der Waals surface area contributed by atoms with E-state index in [1.54, 1.807) is 50.2 Å². The predicted molar refractivity (Wildman–Crippen MR) is 315 cm³/mol. The smallest absolute Gasteiger partial charge is 0.550 e.